The van der Waals surface area contributed by atoms with Crippen molar-refractivity contribution in [3.63, 3.8) is 0 Å². The Morgan fingerprint density at radius 1 is 1.15 bits per heavy atom. The van der Waals surface area contributed by atoms with Crippen molar-refractivity contribution in [2.24, 2.45) is 5.84 Å². The summed E-state index contributed by atoms with van der Waals surface area (Å²) < 4.78 is 32.0. The van der Waals surface area contributed by atoms with Gasteiger partial charge in [-0.15, -0.1) is 5.10 Å². The van der Waals surface area contributed by atoms with Crippen molar-refractivity contribution >= 4 is 21.7 Å². The molecule has 0 atom stereocenters. The average Bonchev–Trinajstić information content (AvgIpc) is 2.72. The van der Waals surface area contributed by atoms with Gasteiger partial charge < -0.3 is 9.84 Å². The number of anilines is 2. The Bertz CT molecular complexity index is 715. The molecule has 0 saturated carbocycles. The number of nitrogens with one attached hydrogen (secondary N) is 2. The van der Waals surface area contributed by atoms with Crippen LogP contribution in [-0.4, -0.2) is 18.6 Å². The van der Waals surface area contributed by atoms with Crippen LogP contribution in [-0.2, 0) is 10.0 Å². The van der Waals surface area contributed by atoms with Gasteiger partial charge in [-0.2, -0.15) is 0 Å². The first kappa shape index (κ1) is 14.3. The Balaban J connectivity index is 2.44. The minimum Gasteiger partial charge on any atom is -0.408 e. The maximum Gasteiger partial charge on any atom is 0.329 e. The molecule has 2 aromatic rings. The van der Waals surface area contributed by atoms with E-state index < -0.39 is 10.0 Å². The van der Waals surface area contributed by atoms with Gasteiger partial charge >= 0.3 is 6.01 Å². The van der Waals surface area contributed by atoms with Gasteiger partial charge in [0.25, 0.3) is 10.0 Å². The summed E-state index contributed by atoms with van der Waals surface area (Å²) in [7, 11) is -3.80. The van der Waals surface area contributed by atoms with Gasteiger partial charge in [-0.1, -0.05) is 5.10 Å². The van der Waals surface area contributed by atoms with Crippen LogP contribution in [0.1, 0.15) is 17.0 Å². The number of hydrogen-bond acceptors (Lipinski definition) is 7. The molecule has 0 aliphatic carbocycles. The second-order valence-electron chi connectivity index (χ2n) is 4.32. The molecule has 1 aromatic carbocycles. The first-order valence-corrected chi connectivity index (χ1v) is 7.22. The van der Waals surface area contributed by atoms with Crippen molar-refractivity contribution in [2.45, 2.75) is 25.7 Å². The van der Waals surface area contributed by atoms with Crippen LogP contribution < -0.4 is 16.0 Å². The Hall–Kier alpha value is -2.13. The molecule has 1 aromatic heterocycles. The Kier molecular flexibility index (Phi) is 3.64. The maximum atomic E-state index is 12.4. The molecule has 0 bridgehead atoms. The Labute approximate surface area is 116 Å². The van der Waals surface area contributed by atoms with E-state index in [9.17, 15) is 8.42 Å². The molecule has 2 rings (SSSR count). The molecule has 0 spiro atoms. The van der Waals surface area contributed by atoms with Gasteiger partial charge in [0, 0.05) is 12.6 Å². The summed E-state index contributed by atoms with van der Waals surface area (Å²) >= 11 is 0. The number of benzene rings is 1. The summed E-state index contributed by atoms with van der Waals surface area (Å²) in [6.45, 7) is 4.94. The monoisotopic (exact) mass is 297 g/mol. The molecule has 0 radical (unpaired) electrons. The topological polar surface area (TPSA) is 123 Å². The zero-order valence-corrected chi connectivity index (χ0v) is 12.1. The lowest BCUT2D eigenvalue weighted by atomic mass is 10.1. The van der Waals surface area contributed by atoms with Crippen LogP contribution in [0.4, 0.5) is 11.7 Å². The number of nitrogens with zero attached hydrogens (tertiary/aromatic N) is 2. The van der Waals surface area contributed by atoms with Crippen LogP contribution in [0.15, 0.2) is 21.4 Å². The van der Waals surface area contributed by atoms with Gasteiger partial charge in [-0.25, -0.2) is 13.1 Å². The van der Waals surface area contributed by atoms with Crippen LogP contribution in [0, 0.1) is 20.8 Å². The third-order valence-electron chi connectivity index (χ3n) is 2.64. The summed E-state index contributed by atoms with van der Waals surface area (Å²) in [5, 5.41) is 7.18. The maximum absolute atomic E-state index is 12.4. The quantitative estimate of drug-likeness (QED) is 0.570. The highest BCUT2D eigenvalue weighted by atomic mass is 32.2. The summed E-state index contributed by atoms with van der Waals surface area (Å²) in [6, 6.07) is 3.11. The standard InChI is InChI=1S/C11H15N5O3S/c1-6-4-9(13-12)5-7(2)10(6)20(17,18)16-11-15-14-8(3)19-11/h4-5,13H,12H2,1-3H3,(H,15,16). The highest BCUT2D eigenvalue weighted by molar-refractivity contribution is 7.92. The predicted molar refractivity (Wildman–Crippen MR) is 73.6 cm³/mol. The van der Waals surface area contributed by atoms with E-state index in [0.717, 1.165) is 0 Å². The summed E-state index contributed by atoms with van der Waals surface area (Å²) in [5.41, 5.74) is 4.23. The molecule has 20 heavy (non-hydrogen) atoms. The molecule has 0 aliphatic heterocycles. The lowest BCUT2D eigenvalue weighted by Crippen LogP contribution is -2.17. The normalized spacial score (nSPS) is 11.4. The molecule has 108 valence electrons. The second kappa shape index (κ2) is 5.10. The summed E-state index contributed by atoms with van der Waals surface area (Å²) in [5.74, 6) is 5.60. The SMILES string of the molecule is Cc1nnc(NS(=O)(=O)c2c(C)cc(NN)cc2C)o1. The van der Waals surface area contributed by atoms with Crippen molar-refractivity contribution in [1.29, 1.82) is 0 Å². The van der Waals surface area contributed by atoms with Crippen LogP contribution >= 0.6 is 0 Å². The van der Waals surface area contributed by atoms with E-state index in [1.807, 2.05) is 0 Å². The first-order chi connectivity index (χ1) is 9.33. The minimum atomic E-state index is -3.80. The molecule has 1 heterocycles. The van der Waals surface area contributed by atoms with Gasteiger partial charge in [0.2, 0.25) is 5.89 Å². The largest absolute Gasteiger partial charge is 0.408 e. The number of nitrogens with two attached hydrogens (primary N) is 1. The average molecular weight is 297 g/mol. The number of aromatic nitrogens is 2. The highest BCUT2D eigenvalue weighted by Gasteiger charge is 2.22. The number of hydrogen-bond donors (Lipinski definition) is 3. The van der Waals surface area contributed by atoms with Gasteiger partial charge in [-0.05, 0) is 37.1 Å². The molecule has 0 fully saturated rings. The number of hydrazine groups is 1. The zero-order valence-electron chi connectivity index (χ0n) is 11.3. The fourth-order valence-electron chi connectivity index (χ4n) is 1.96. The van der Waals surface area contributed by atoms with Crippen molar-refractivity contribution in [3.05, 3.63) is 29.2 Å². The van der Waals surface area contributed by atoms with E-state index in [4.69, 9.17) is 10.3 Å². The van der Waals surface area contributed by atoms with Crippen molar-refractivity contribution in [3.8, 4) is 0 Å². The number of nitrogen functional groups attached to an aromatic ring is 1. The molecule has 0 aliphatic rings. The summed E-state index contributed by atoms with van der Waals surface area (Å²) in [4.78, 5) is 0.160. The van der Waals surface area contributed by atoms with E-state index in [-0.39, 0.29) is 16.8 Å². The van der Waals surface area contributed by atoms with Crippen molar-refractivity contribution in [1.82, 2.24) is 10.2 Å². The van der Waals surface area contributed by atoms with Gasteiger partial charge in [0.1, 0.15) is 0 Å². The van der Waals surface area contributed by atoms with E-state index >= 15 is 0 Å². The molecule has 4 N–H and O–H groups in total. The van der Waals surface area contributed by atoms with Crippen LogP contribution in [0.25, 0.3) is 0 Å². The molecule has 0 saturated heterocycles. The third kappa shape index (κ3) is 2.73. The summed E-state index contributed by atoms with van der Waals surface area (Å²) in [6.07, 6.45) is 0. The molecule has 0 unspecified atom stereocenters. The smallest absolute Gasteiger partial charge is 0.329 e. The number of aryl methyl sites for hydroxylation is 3. The molecular weight excluding hydrogens is 282 g/mol. The fraction of sp³-hybridized carbons (Fsp3) is 0.273. The minimum absolute atomic E-state index is 0.160. The van der Waals surface area contributed by atoms with E-state index in [1.165, 1.54) is 0 Å². The molecule has 0 amide bonds. The number of rotatable bonds is 4. The van der Waals surface area contributed by atoms with Gasteiger partial charge in [-0.3, -0.25) is 5.84 Å². The Morgan fingerprint density at radius 3 is 2.20 bits per heavy atom. The van der Waals surface area contributed by atoms with E-state index in [1.54, 1.807) is 32.9 Å². The Morgan fingerprint density at radius 2 is 1.75 bits per heavy atom. The van der Waals surface area contributed by atoms with Gasteiger partial charge in [0.05, 0.1) is 4.90 Å². The van der Waals surface area contributed by atoms with E-state index in [0.29, 0.717) is 16.8 Å². The van der Waals surface area contributed by atoms with Gasteiger partial charge in [0.15, 0.2) is 0 Å². The van der Waals surface area contributed by atoms with Crippen molar-refractivity contribution in [2.75, 3.05) is 10.1 Å². The molecule has 9 heteroatoms. The van der Waals surface area contributed by atoms with Crippen molar-refractivity contribution < 1.29 is 12.8 Å². The first-order valence-electron chi connectivity index (χ1n) is 5.74. The van der Waals surface area contributed by atoms with Crippen LogP contribution in [0.2, 0.25) is 0 Å². The lowest BCUT2D eigenvalue weighted by Gasteiger charge is -2.12. The highest BCUT2D eigenvalue weighted by Crippen LogP contribution is 2.25. The third-order valence-corrected chi connectivity index (χ3v) is 4.27. The zero-order chi connectivity index (χ0) is 14.9. The molecular formula is C11H15N5O3S. The van der Waals surface area contributed by atoms with Crippen LogP contribution in [0.5, 0.6) is 0 Å². The van der Waals surface area contributed by atoms with E-state index in [2.05, 4.69) is 20.3 Å². The predicted octanol–water partition coefficient (Wildman–Crippen LogP) is 1.08. The lowest BCUT2D eigenvalue weighted by molar-refractivity contribution is 0.534. The fourth-order valence-corrected chi connectivity index (χ4v) is 3.34. The van der Waals surface area contributed by atoms with Crippen LogP contribution in [0.3, 0.4) is 0 Å². The molecule has 8 nitrogen and oxygen atoms in total. The number of sulfonamides is 1. The second-order valence-corrected chi connectivity index (χ2v) is 5.93.